The lowest BCUT2D eigenvalue weighted by molar-refractivity contribution is 0.990. The maximum atomic E-state index is 2.32. The topological polar surface area (TPSA) is 0 Å². The van der Waals surface area contributed by atoms with Crippen LogP contribution < -0.4 is 0 Å². The van der Waals surface area contributed by atoms with Gasteiger partial charge in [-0.3, -0.25) is 0 Å². The Morgan fingerprint density at radius 2 is 1.18 bits per heavy atom. The minimum Gasteiger partial charge on any atom is -0.0836 e. The van der Waals surface area contributed by atoms with Crippen LogP contribution in [0.15, 0.2) is 66.7 Å². The SMILES string of the molecule is C1=Cc2c(ccc3c4ccccc4c4ccccc4c23)CC1. The minimum absolute atomic E-state index is 1.16. The molecule has 4 aromatic carbocycles. The summed E-state index contributed by atoms with van der Waals surface area (Å²) in [6.07, 6.45) is 6.95. The highest BCUT2D eigenvalue weighted by Crippen LogP contribution is 2.39. The fourth-order valence-corrected chi connectivity index (χ4v) is 3.91. The van der Waals surface area contributed by atoms with Crippen molar-refractivity contribution >= 4 is 38.4 Å². The fourth-order valence-electron chi connectivity index (χ4n) is 3.91. The molecule has 0 aromatic heterocycles. The summed E-state index contributed by atoms with van der Waals surface area (Å²) in [5, 5.41) is 8.24. The van der Waals surface area contributed by atoms with Crippen LogP contribution in [0.3, 0.4) is 0 Å². The highest BCUT2D eigenvalue weighted by atomic mass is 14.2. The van der Waals surface area contributed by atoms with Crippen molar-refractivity contribution in [2.75, 3.05) is 0 Å². The van der Waals surface area contributed by atoms with Crippen molar-refractivity contribution in [3.05, 3.63) is 77.9 Å². The Labute approximate surface area is 129 Å². The lowest BCUT2D eigenvalue weighted by Gasteiger charge is -2.17. The third kappa shape index (κ3) is 1.52. The molecule has 22 heavy (non-hydrogen) atoms. The van der Waals surface area contributed by atoms with Gasteiger partial charge in [0.2, 0.25) is 0 Å². The molecule has 0 nitrogen and oxygen atoms in total. The standard InChI is InChI=1S/C22H16/c1-2-8-16-15(7-1)13-14-21-19-11-4-3-9-17(19)18-10-5-6-12-20(18)22(16)21/h2-6,8-14H,1,7H2. The van der Waals surface area contributed by atoms with Crippen molar-refractivity contribution in [2.45, 2.75) is 12.8 Å². The van der Waals surface area contributed by atoms with Crippen molar-refractivity contribution in [1.29, 1.82) is 0 Å². The summed E-state index contributed by atoms with van der Waals surface area (Å²) in [4.78, 5) is 0. The molecule has 4 aromatic rings. The van der Waals surface area contributed by atoms with Crippen molar-refractivity contribution in [1.82, 2.24) is 0 Å². The molecule has 0 unspecified atom stereocenters. The van der Waals surface area contributed by atoms with E-state index in [2.05, 4.69) is 72.8 Å². The first-order valence-electron chi connectivity index (χ1n) is 7.95. The number of aryl methyl sites for hydroxylation is 1. The van der Waals surface area contributed by atoms with Crippen molar-refractivity contribution in [3.63, 3.8) is 0 Å². The molecule has 0 heterocycles. The van der Waals surface area contributed by atoms with E-state index in [0.29, 0.717) is 0 Å². The third-order valence-electron chi connectivity index (χ3n) is 4.90. The fraction of sp³-hybridized carbons (Fsp3) is 0.0909. The van der Waals surface area contributed by atoms with Crippen LogP contribution >= 0.6 is 0 Å². The molecule has 0 saturated carbocycles. The molecule has 0 bridgehead atoms. The lowest BCUT2D eigenvalue weighted by Crippen LogP contribution is -1.96. The molecule has 1 aliphatic rings. The van der Waals surface area contributed by atoms with Gasteiger partial charge in [0, 0.05) is 0 Å². The lowest BCUT2D eigenvalue weighted by atomic mass is 9.87. The van der Waals surface area contributed by atoms with Gasteiger partial charge in [-0.15, -0.1) is 0 Å². The number of rotatable bonds is 0. The summed E-state index contributed by atoms with van der Waals surface area (Å²) in [6, 6.07) is 22.2. The molecule has 1 aliphatic carbocycles. The Balaban J connectivity index is 2.16. The van der Waals surface area contributed by atoms with E-state index >= 15 is 0 Å². The molecular weight excluding hydrogens is 264 g/mol. The summed E-state index contributed by atoms with van der Waals surface area (Å²) in [6.45, 7) is 0. The van der Waals surface area contributed by atoms with Gasteiger partial charge in [0.1, 0.15) is 0 Å². The molecular formula is C22H16. The van der Waals surface area contributed by atoms with Crippen molar-refractivity contribution in [3.8, 4) is 0 Å². The molecule has 5 rings (SSSR count). The van der Waals surface area contributed by atoms with Gasteiger partial charge in [0.25, 0.3) is 0 Å². The van der Waals surface area contributed by atoms with E-state index in [1.165, 1.54) is 43.4 Å². The number of allylic oxidation sites excluding steroid dienone is 1. The van der Waals surface area contributed by atoms with E-state index in [-0.39, 0.29) is 0 Å². The zero-order chi connectivity index (χ0) is 14.5. The highest BCUT2D eigenvalue weighted by Gasteiger charge is 2.14. The van der Waals surface area contributed by atoms with Gasteiger partial charge in [0.15, 0.2) is 0 Å². The molecule has 0 amide bonds. The summed E-state index contributed by atoms with van der Waals surface area (Å²) in [7, 11) is 0. The van der Waals surface area contributed by atoms with Gasteiger partial charge in [0.05, 0.1) is 0 Å². The van der Waals surface area contributed by atoms with Gasteiger partial charge >= 0.3 is 0 Å². The molecule has 0 N–H and O–H groups in total. The first-order valence-corrected chi connectivity index (χ1v) is 7.95. The van der Waals surface area contributed by atoms with E-state index in [9.17, 15) is 0 Å². The van der Waals surface area contributed by atoms with Crippen LogP contribution in [0.25, 0.3) is 38.4 Å². The van der Waals surface area contributed by atoms with E-state index in [4.69, 9.17) is 0 Å². The second kappa shape index (κ2) is 4.45. The molecule has 0 saturated heterocycles. The zero-order valence-corrected chi connectivity index (χ0v) is 12.3. The number of hydrogen-bond donors (Lipinski definition) is 0. The van der Waals surface area contributed by atoms with Gasteiger partial charge in [-0.2, -0.15) is 0 Å². The summed E-state index contributed by atoms with van der Waals surface area (Å²) >= 11 is 0. The molecule has 0 heteroatoms. The molecule has 0 atom stereocenters. The van der Waals surface area contributed by atoms with Crippen LogP contribution in [0.5, 0.6) is 0 Å². The Morgan fingerprint density at radius 3 is 1.91 bits per heavy atom. The second-order valence-electron chi connectivity index (χ2n) is 6.09. The first kappa shape index (κ1) is 12.0. The Kier molecular flexibility index (Phi) is 2.42. The van der Waals surface area contributed by atoms with Gasteiger partial charge < -0.3 is 0 Å². The van der Waals surface area contributed by atoms with E-state index in [1.807, 2.05) is 0 Å². The maximum Gasteiger partial charge on any atom is -0.00237 e. The van der Waals surface area contributed by atoms with E-state index in [1.54, 1.807) is 0 Å². The predicted octanol–water partition coefficient (Wildman–Crippen LogP) is 6.11. The average Bonchev–Trinajstić information content (AvgIpc) is 2.61. The van der Waals surface area contributed by atoms with Gasteiger partial charge in [-0.05, 0) is 56.3 Å². The molecule has 0 spiro atoms. The second-order valence-corrected chi connectivity index (χ2v) is 6.09. The van der Waals surface area contributed by atoms with Crippen LogP contribution in [-0.4, -0.2) is 0 Å². The largest absolute Gasteiger partial charge is 0.0836 e. The van der Waals surface area contributed by atoms with Crippen LogP contribution in [0.1, 0.15) is 17.5 Å². The average molecular weight is 280 g/mol. The normalized spacial score (nSPS) is 13.8. The maximum absolute atomic E-state index is 2.32. The summed E-state index contributed by atoms with van der Waals surface area (Å²) < 4.78 is 0. The van der Waals surface area contributed by atoms with Crippen LogP contribution in [0.2, 0.25) is 0 Å². The van der Waals surface area contributed by atoms with Gasteiger partial charge in [-0.25, -0.2) is 0 Å². The third-order valence-corrected chi connectivity index (χ3v) is 4.90. The molecule has 0 aliphatic heterocycles. The minimum atomic E-state index is 1.16. The van der Waals surface area contributed by atoms with Crippen LogP contribution in [-0.2, 0) is 6.42 Å². The van der Waals surface area contributed by atoms with Crippen LogP contribution in [0.4, 0.5) is 0 Å². The van der Waals surface area contributed by atoms with Crippen molar-refractivity contribution < 1.29 is 0 Å². The number of hydrogen-bond acceptors (Lipinski definition) is 0. The number of benzene rings is 4. The van der Waals surface area contributed by atoms with Crippen LogP contribution in [0, 0.1) is 0 Å². The summed E-state index contributed by atoms with van der Waals surface area (Å²) in [5.74, 6) is 0. The molecule has 104 valence electrons. The Morgan fingerprint density at radius 1 is 0.591 bits per heavy atom. The summed E-state index contributed by atoms with van der Waals surface area (Å²) in [5.41, 5.74) is 2.90. The van der Waals surface area contributed by atoms with Crippen molar-refractivity contribution in [2.24, 2.45) is 0 Å². The van der Waals surface area contributed by atoms with Gasteiger partial charge in [-0.1, -0.05) is 72.8 Å². The molecule has 0 fully saturated rings. The zero-order valence-electron chi connectivity index (χ0n) is 12.3. The quantitative estimate of drug-likeness (QED) is 0.341. The highest BCUT2D eigenvalue weighted by molar-refractivity contribution is 6.27. The first-order chi connectivity index (χ1) is 10.9. The van der Waals surface area contributed by atoms with E-state index in [0.717, 1.165) is 12.8 Å². The monoisotopic (exact) mass is 280 g/mol. The predicted molar refractivity (Wildman–Crippen MR) is 96.3 cm³/mol. The number of fused-ring (bicyclic) bond motifs is 8. The Bertz CT molecular complexity index is 1030. The van der Waals surface area contributed by atoms with E-state index < -0.39 is 0 Å². The Hall–Kier alpha value is -2.60. The molecule has 0 radical (unpaired) electrons. The smallest absolute Gasteiger partial charge is 0.00237 e.